The van der Waals surface area contributed by atoms with Gasteiger partial charge in [0.25, 0.3) is 0 Å². The second-order valence-electron chi connectivity index (χ2n) is 4.15. The molecule has 0 aliphatic rings. The Labute approximate surface area is 111 Å². The van der Waals surface area contributed by atoms with Gasteiger partial charge in [0.05, 0.1) is 0 Å². The molecule has 0 aliphatic heterocycles. The van der Waals surface area contributed by atoms with Crippen molar-refractivity contribution < 1.29 is 4.79 Å². The summed E-state index contributed by atoms with van der Waals surface area (Å²) in [4.78, 5) is 10.5. The molecule has 0 radical (unpaired) electrons. The molecule has 3 nitrogen and oxygen atoms in total. The van der Waals surface area contributed by atoms with Crippen LogP contribution in [0.25, 0.3) is 0 Å². The normalized spacial score (nSPS) is 12.4. The van der Waals surface area contributed by atoms with Gasteiger partial charge in [-0.15, -0.1) is 0 Å². The topological polar surface area (TPSA) is 55.1 Å². The standard InChI is InChI=1S/C13H19BrN2O/c1-10(11-5-7-12(14)8-6-11)16-9-3-2-4-13(15)17/h5-8,10,16H,2-4,9H2,1H3,(H2,15,17)/t10-/m0/s1. The predicted molar refractivity (Wildman–Crippen MR) is 73.6 cm³/mol. The molecule has 0 aromatic heterocycles. The Morgan fingerprint density at radius 2 is 2.00 bits per heavy atom. The molecule has 0 saturated heterocycles. The first-order valence-corrected chi connectivity index (χ1v) is 6.66. The van der Waals surface area contributed by atoms with Crippen molar-refractivity contribution in [3.8, 4) is 0 Å². The highest BCUT2D eigenvalue weighted by molar-refractivity contribution is 9.10. The largest absolute Gasteiger partial charge is 0.370 e. The van der Waals surface area contributed by atoms with Gasteiger partial charge < -0.3 is 11.1 Å². The predicted octanol–water partition coefficient (Wildman–Crippen LogP) is 2.76. The van der Waals surface area contributed by atoms with E-state index >= 15 is 0 Å². The number of hydrogen-bond acceptors (Lipinski definition) is 2. The Morgan fingerprint density at radius 1 is 1.35 bits per heavy atom. The van der Waals surface area contributed by atoms with Gasteiger partial charge in [0.2, 0.25) is 5.91 Å². The van der Waals surface area contributed by atoms with E-state index < -0.39 is 0 Å². The number of unbranched alkanes of at least 4 members (excludes halogenated alkanes) is 1. The van der Waals surface area contributed by atoms with Crippen LogP contribution in [0.5, 0.6) is 0 Å². The van der Waals surface area contributed by atoms with Gasteiger partial charge in [0, 0.05) is 16.9 Å². The minimum absolute atomic E-state index is 0.217. The Kier molecular flexibility index (Phi) is 6.22. The zero-order valence-electron chi connectivity index (χ0n) is 10.1. The molecule has 1 amide bonds. The van der Waals surface area contributed by atoms with E-state index in [1.54, 1.807) is 0 Å². The number of halogens is 1. The van der Waals surface area contributed by atoms with Crippen LogP contribution >= 0.6 is 15.9 Å². The molecule has 1 aromatic rings. The van der Waals surface area contributed by atoms with Gasteiger partial charge in [-0.2, -0.15) is 0 Å². The van der Waals surface area contributed by atoms with Crippen LogP contribution < -0.4 is 11.1 Å². The molecule has 4 heteroatoms. The lowest BCUT2D eigenvalue weighted by Crippen LogP contribution is -2.20. The van der Waals surface area contributed by atoms with Crippen LogP contribution in [0.2, 0.25) is 0 Å². The number of primary amides is 1. The van der Waals surface area contributed by atoms with Gasteiger partial charge in [0.1, 0.15) is 0 Å². The van der Waals surface area contributed by atoms with Crippen molar-refractivity contribution in [1.29, 1.82) is 0 Å². The van der Waals surface area contributed by atoms with Crippen LogP contribution in [0.15, 0.2) is 28.7 Å². The van der Waals surface area contributed by atoms with E-state index in [1.165, 1.54) is 5.56 Å². The lowest BCUT2D eigenvalue weighted by molar-refractivity contribution is -0.118. The van der Waals surface area contributed by atoms with Crippen LogP contribution in [0.4, 0.5) is 0 Å². The Bertz CT molecular complexity index is 351. The first-order valence-electron chi connectivity index (χ1n) is 5.86. The summed E-state index contributed by atoms with van der Waals surface area (Å²) in [6.45, 7) is 3.04. The number of nitrogens with one attached hydrogen (secondary N) is 1. The van der Waals surface area contributed by atoms with Crippen LogP contribution in [0.3, 0.4) is 0 Å². The Balaban J connectivity index is 2.23. The average molecular weight is 299 g/mol. The summed E-state index contributed by atoms with van der Waals surface area (Å²) in [6.07, 6.45) is 2.31. The third kappa shape index (κ3) is 5.84. The first kappa shape index (κ1) is 14.2. The van der Waals surface area contributed by atoms with Gasteiger partial charge in [-0.3, -0.25) is 4.79 Å². The number of carbonyl (C=O) groups is 1. The molecule has 17 heavy (non-hydrogen) atoms. The van der Waals surface area contributed by atoms with E-state index in [0.29, 0.717) is 12.5 Å². The summed E-state index contributed by atoms with van der Waals surface area (Å²) < 4.78 is 1.09. The maximum absolute atomic E-state index is 10.5. The second kappa shape index (κ2) is 7.45. The molecule has 94 valence electrons. The molecule has 0 unspecified atom stereocenters. The summed E-state index contributed by atoms with van der Waals surface area (Å²) in [5, 5.41) is 3.42. The lowest BCUT2D eigenvalue weighted by Gasteiger charge is -2.14. The summed E-state index contributed by atoms with van der Waals surface area (Å²) in [7, 11) is 0. The van der Waals surface area contributed by atoms with E-state index in [-0.39, 0.29) is 5.91 Å². The van der Waals surface area contributed by atoms with Crippen molar-refractivity contribution in [3.05, 3.63) is 34.3 Å². The van der Waals surface area contributed by atoms with E-state index in [1.807, 2.05) is 12.1 Å². The fraction of sp³-hybridized carbons (Fsp3) is 0.462. The van der Waals surface area contributed by atoms with Gasteiger partial charge >= 0.3 is 0 Å². The summed E-state index contributed by atoms with van der Waals surface area (Å²) in [6, 6.07) is 8.62. The van der Waals surface area contributed by atoms with Gasteiger partial charge in [-0.05, 0) is 44.0 Å². The number of carbonyl (C=O) groups excluding carboxylic acids is 1. The van der Waals surface area contributed by atoms with Gasteiger partial charge in [-0.1, -0.05) is 28.1 Å². The van der Waals surface area contributed by atoms with E-state index in [9.17, 15) is 4.79 Å². The molecule has 0 fully saturated rings. The zero-order chi connectivity index (χ0) is 12.7. The lowest BCUT2D eigenvalue weighted by atomic mass is 10.1. The van der Waals surface area contributed by atoms with Crippen molar-refractivity contribution >= 4 is 21.8 Å². The molecule has 1 rings (SSSR count). The van der Waals surface area contributed by atoms with Crippen LogP contribution in [0.1, 0.15) is 37.8 Å². The summed E-state index contributed by atoms with van der Waals surface area (Å²) in [5.74, 6) is -0.217. The Hall–Kier alpha value is -0.870. The highest BCUT2D eigenvalue weighted by Gasteiger charge is 2.03. The van der Waals surface area contributed by atoms with E-state index in [0.717, 1.165) is 23.9 Å². The molecule has 0 bridgehead atoms. The SMILES string of the molecule is C[C@H](NCCCCC(N)=O)c1ccc(Br)cc1. The monoisotopic (exact) mass is 298 g/mol. The molecule has 1 aromatic carbocycles. The molecule has 0 aliphatic carbocycles. The molecular formula is C13H19BrN2O. The van der Waals surface area contributed by atoms with Crippen molar-refractivity contribution in [2.75, 3.05) is 6.54 Å². The third-order valence-electron chi connectivity index (χ3n) is 2.67. The molecular weight excluding hydrogens is 280 g/mol. The van der Waals surface area contributed by atoms with Crippen molar-refractivity contribution in [3.63, 3.8) is 0 Å². The van der Waals surface area contributed by atoms with Crippen LogP contribution in [0, 0.1) is 0 Å². The molecule has 1 atom stereocenters. The van der Waals surface area contributed by atoms with Gasteiger partial charge in [0.15, 0.2) is 0 Å². The van der Waals surface area contributed by atoms with Crippen molar-refractivity contribution in [2.24, 2.45) is 5.73 Å². The van der Waals surface area contributed by atoms with Gasteiger partial charge in [-0.25, -0.2) is 0 Å². The highest BCUT2D eigenvalue weighted by atomic mass is 79.9. The zero-order valence-corrected chi connectivity index (χ0v) is 11.7. The number of benzene rings is 1. The van der Waals surface area contributed by atoms with Crippen molar-refractivity contribution in [2.45, 2.75) is 32.2 Å². The number of nitrogens with two attached hydrogens (primary N) is 1. The molecule has 0 spiro atoms. The minimum Gasteiger partial charge on any atom is -0.370 e. The van der Waals surface area contributed by atoms with Crippen LogP contribution in [-0.2, 0) is 4.79 Å². The van der Waals surface area contributed by atoms with E-state index in [2.05, 4.69) is 40.3 Å². The molecule has 3 N–H and O–H groups in total. The average Bonchev–Trinajstić information content (AvgIpc) is 2.29. The maximum atomic E-state index is 10.5. The number of amides is 1. The summed E-state index contributed by atoms with van der Waals surface area (Å²) in [5.41, 5.74) is 6.34. The Morgan fingerprint density at radius 3 is 2.59 bits per heavy atom. The minimum atomic E-state index is -0.217. The van der Waals surface area contributed by atoms with Crippen molar-refractivity contribution in [1.82, 2.24) is 5.32 Å². The highest BCUT2D eigenvalue weighted by Crippen LogP contribution is 2.16. The maximum Gasteiger partial charge on any atom is 0.217 e. The fourth-order valence-electron chi connectivity index (χ4n) is 1.61. The number of rotatable bonds is 7. The van der Waals surface area contributed by atoms with Crippen LogP contribution in [-0.4, -0.2) is 12.5 Å². The quantitative estimate of drug-likeness (QED) is 0.761. The number of hydrogen-bond donors (Lipinski definition) is 2. The second-order valence-corrected chi connectivity index (χ2v) is 5.07. The smallest absolute Gasteiger partial charge is 0.217 e. The molecule has 0 saturated carbocycles. The summed E-state index contributed by atoms with van der Waals surface area (Å²) >= 11 is 3.42. The first-order chi connectivity index (χ1) is 8.09. The van der Waals surface area contributed by atoms with E-state index in [4.69, 9.17) is 5.73 Å². The fourth-order valence-corrected chi connectivity index (χ4v) is 1.88. The third-order valence-corrected chi connectivity index (χ3v) is 3.20. The molecule has 0 heterocycles.